The fraction of sp³-hybridized carbons (Fsp3) is 0.571. The van der Waals surface area contributed by atoms with Crippen molar-refractivity contribution in [1.29, 1.82) is 0 Å². The molecule has 1 amide bonds. The fourth-order valence-electron chi connectivity index (χ4n) is 2.58. The Morgan fingerprint density at radius 1 is 1.32 bits per heavy atom. The number of pyridine rings is 1. The Morgan fingerprint density at radius 3 is 2.58 bits per heavy atom. The number of aromatic nitrogens is 1. The van der Waals surface area contributed by atoms with Gasteiger partial charge in [0.05, 0.1) is 10.6 Å². The van der Waals surface area contributed by atoms with E-state index in [1.54, 1.807) is 12.3 Å². The lowest BCUT2D eigenvalue weighted by atomic mass is 10.2. The molecule has 1 aromatic heterocycles. The van der Waals surface area contributed by atoms with Gasteiger partial charge in [0, 0.05) is 44.1 Å². The predicted octanol–water partition coefficient (Wildman–Crippen LogP) is 1.96. The smallest absolute Gasteiger partial charge is 0.257 e. The lowest BCUT2D eigenvalue weighted by Gasteiger charge is -2.34. The first-order chi connectivity index (χ1) is 9.15. The fourth-order valence-corrected chi connectivity index (χ4v) is 2.87. The topological polar surface area (TPSA) is 36.4 Å². The zero-order valence-corrected chi connectivity index (χ0v) is 11.9. The number of amides is 1. The number of nitrogens with zero attached hydrogens (tertiary/aromatic N) is 3. The van der Waals surface area contributed by atoms with Gasteiger partial charge in [0.1, 0.15) is 0 Å². The molecule has 2 aliphatic rings. The van der Waals surface area contributed by atoms with Gasteiger partial charge in [0.2, 0.25) is 0 Å². The van der Waals surface area contributed by atoms with Crippen molar-refractivity contribution >= 4 is 17.5 Å². The van der Waals surface area contributed by atoms with Crippen LogP contribution in [-0.2, 0) is 0 Å². The van der Waals surface area contributed by atoms with Crippen molar-refractivity contribution in [3.05, 3.63) is 28.5 Å². The van der Waals surface area contributed by atoms with E-state index in [0.717, 1.165) is 37.9 Å². The van der Waals surface area contributed by atoms with Crippen LogP contribution in [0.15, 0.2) is 12.3 Å². The van der Waals surface area contributed by atoms with Gasteiger partial charge >= 0.3 is 0 Å². The van der Waals surface area contributed by atoms with Gasteiger partial charge in [-0.25, -0.2) is 0 Å². The van der Waals surface area contributed by atoms with Gasteiger partial charge in [-0.1, -0.05) is 11.6 Å². The van der Waals surface area contributed by atoms with Gasteiger partial charge < -0.3 is 4.90 Å². The molecular weight excluding hydrogens is 262 g/mol. The number of carbonyl (C=O) groups excluding carboxylic acids is 1. The van der Waals surface area contributed by atoms with Gasteiger partial charge in [-0.2, -0.15) is 0 Å². The summed E-state index contributed by atoms with van der Waals surface area (Å²) in [5.41, 5.74) is 1.35. The molecule has 1 saturated carbocycles. The highest BCUT2D eigenvalue weighted by atomic mass is 35.5. The molecule has 19 heavy (non-hydrogen) atoms. The SMILES string of the molecule is Cc1cc(Cl)c(C(=O)N2CCN(C3CC3)CC2)cn1. The minimum absolute atomic E-state index is 0.00736. The van der Waals surface area contributed by atoms with E-state index in [2.05, 4.69) is 9.88 Å². The molecule has 1 aromatic rings. The van der Waals surface area contributed by atoms with Gasteiger partial charge in [-0.3, -0.25) is 14.7 Å². The van der Waals surface area contributed by atoms with E-state index in [4.69, 9.17) is 11.6 Å². The second-order valence-electron chi connectivity index (χ2n) is 5.36. The highest BCUT2D eigenvalue weighted by Gasteiger charge is 2.32. The summed E-state index contributed by atoms with van der Waals surface area (Å²) in [6.07, 6.45) is 4.23. The molecule has 0 atom stereocenters. The Morgan fingerprint density at radius 2 is 2.00 bits per heavy atom. The van der Waals surface area contributed by atoms with Crippen molar-refractivity contribution in [2.24, 2.45) is 0 Å². The van der Waals surface area contributed by atoms with Crippen LogP contribution in [0.3, 0.4) is 0 Å². The molecule has 102 valence electrons. The van der Waals surface area contributed by atoms with Crippen LogP contribution in [0.25, 0.3) is 0 Å². The molecular formula is C14H18ClN3O. The third-order valence-electron chi connectivity index (χ3n) is 3.89. The molecule has 0 bridgehead atoms. The maximum absolute atomic E-state index is 12.4. The minimum atomic E-state index is 0.00736. The Balaban J connectivity index is 1.67. The standard InChI is InChI=1S/C14H18ClN3O/c1-10-8-13(15)12(9-16-10)14(19)18-6-4-17(5-7-18)11-2-3-11/h8-9,11H,2-7H2,1H3. The lowest BCUT2D eigenvalue weighted by Crippen LogP contribution is -2.49. The van der Waals surface area contributed by atoms with E-state index in [0.29, 0.717) is 10.6 Å². The number of piperazine rings is 1. The monoisotopic (exact) mass is 279 g/mol. The largest absolute Gasteiger partial charge is 0.336 e. The van der Waals surface area contributed by atoms with Crippen molar-refractivity contribution < 1.29 is 4.79 Å². The van der Waals surface area contributed by atoms with Crippen LogP contribution in [0.5, 0.6) is 0 Å². The highest BCUT2D eigenvalue weighted by Crippen LogP contribution is 2.28. The Labute approximate surface area is 118 Å². The Bertz CT molecular complexity index is 493. The summed E-state index contributed by atoms with van der Waals surface area (Å²) in [4.78, 5) is 20.9. The maximum atomic E-state index is 12.4. The summed E-state index contributed by atoms with van der Waals surface area (Å²) in [7, 11) is 0. The number of halogens is 1. The normalized spacial score (nSPS) is 20.6. The van der Waals surface area contributed by atoms with Crippen molar-refractivity contribution in [2.75, 3.05) is 26.2 Å². The van der Waals surface area contributed by atoms with E-state index in [-0.39, 0.29) is 5.91 Å². The summed E-state index contributed by atoms with van der Waals surface area (Å²) in [6.45, 7) is 5.41. The summed E-state index contributed by atoms with van der Waals surface area (Å²) in [5.74, 6) is 0.00736. The summed E-state index contributed by atoms with van der Waals surface area (Å²) >= 11 is 6.13. The van der Waals surface area contributed by atoms with Crippen LogP contribution in [0, 0.1) is 6.92 Å². The van der Waals surface area contributed by atoms with Crippen molar-refractivity contribution in [2.45, 2.75) is 25.8 Å². The first kappa shape index (κ1) is 12.9. The first-order valence-corrected chi connectivity index (χ1v) is 7.18. The van der Waals surface area contributed by atoms with E-state index in [9.17, 15) is 4.79 Å². The van der Waals surface area contributed by atoms with Crippen molar-refractivity contribution in [3.8, 4) is 0 Å². The van der Waals surface area contributed by atoms with Crippen LogP contribution in [-0.4, -0.2) is 52.9 Å². The number of aryl methyl sites for hydroxylation is 1. The summed E-state index contributed by atoms with van der Waals surface area (Å²) in [6, 6.07) is 2.52. The second-order valence-corrected chi connectivity index (χ2v) is 5.77. The molecule has 5 heteroatoms. The van der Waals surface area contributed by atoms with E-state index < -0.39 is 0 Å². The molecule has 0 radical (unpaired) electrons. The van der Waals surface area contributed by atoms with Crippen molar-refractivity contribution in [3.63, 3.8) is 0 Å². The van der Waals surface area contributed by atoms with Crippen LogP contribution in [0.2, 0.25) is 5.02 Å². The first-order valence-electron chi connectivity index (χ1n) is 6.80. The molecule has 4 nitrogen and oxygen atoms in total. The average Bonchev–Trinajstić information content (AvgIpc) is 3.22. The summed E-state index contributed by atoms with van der Waals surface area (Å²) < 4.78 is 0. The van der Waals surface area contributed by atoms with Crippen molar-refractivity contribution in [1.82, 2.24) is 14.8 Å². The van der Waals surface area contributed by atoms with Crippen LogP contribution >= 0.6 is 11.6 Å². The molecule has 2 heterocycles. The minimum Gasteiger partial charge on any atom is -0.336 e. The lowest BCUT2D eigenvalue weighted by molar-refractivity contribution is 0.0627. The number of hydrogen-bond acceptors (Lipinski definition) is 3. The number of rotatable bonds is 2. The van der Waals surface area contributed by atoms with Gasteiger partial charge in [-0.15, -0.1) is 0 Å². The van der Waals surface area contributed by atoms with Crippen LogP contribution in [0.4, 0.5) is 0 Å². The molecule has 0 spiro atoms. The van der Waals surface area contributed by atoms with Gasteiger partial charge in [0.25, 0.3) is 5.91 Å². The van der Waals surface area contributed by atoms with E-state index in [1.165, 1.54) is 12.8 Å². The van der Waals surface area contributed by atoms with E-state index in [1.807, 2.05) is 11.8 Å². The van der Waals surface area contributed by atoms with Crippen LogP contribution < -0.4 is 0 Å². The molecule has 3 rings (SSSR count). The zero-order chi connectivity index (χ0) is 13.4. The summed E-state index contributed by atoms with van der Waals surface area (Å²) in [5, 5.41) is 0.502. The maximum Gasteiger partial charge on any atom is 0.257 e. The third kappa shape index (κ3) is 2.74. The Hall–Kier alpha value is -1.13. The molecule has 1 aliphatic heterocycles. The number of carbonyl (C=O) groups is 1. The van der Waals surface area contributed by atoms with Crippen LogP contribution in [0.1, 0.15) is 28.9 Å². The predicted molar refractivity (Wildman–Crippen MR) is 74.5 cm³/mol. The average molecular weight is 280 g/mol. The molecule has 0 unspecified atom stereocenters. The highest BCUT2D eigenvalue weighted by molar-refractivity contribution is 6.33. The van der Waals surface area contributed by atoms with Gasteiger partial charge in [-0.05, 0) is 25.8 Å². The zero-order valence-electron chi connectivity index (χ0n) is 11.1. The molecule has 1 aliphatic carbocycles. The third-order valence-corrected chi connectivity index (χ3v) is 4.20. The molecule has 0 aromatic carbocycles. The Kier molecular flexibility index (Phi) is 3.46. The molecule has 1 saturated heterocycles. The second kappa shape index (κ2) is 5.10. The quantitative estimate of drug-likeness (QED) is 0.830. The number of hydrogen-bond donors (Lipinski definition) is 0. The molecule has 2 fully saturated rings. The van der Waals surface area contributed by atoms with Gasteiger partial charge in [0.15, 0.2) is 0 Å². The van der Waals surface area contributed by atoms with E-state index >= 15 is 0 Å². The molecule has 0 N–H and O–H groups in total.